The standard InChI is InChI=1S/C32H30F2N2O6S2/c1-6-43(38,39)32(3,4)21-9-13-28(42-29-14-10-22(33)18-27(29)34)25(17-21)26-19-35(5)31(37)30-24(26)15-16-36(30)44(40,41)23-11-7-20(2)8-12-23/h7-19H,6H2,1-5H3. The summed E-state index contributed by atoms with van der Waals surface area (Å²) in [5.41, 5.74) is 1.09. The summed E-state index contributed by atoms with van der Waals surface area (Å²) in [5.74, 6) is -2.11. The lowest BCUT2D eigenvalue weighted by atomic mass is 9.95. The lowest BCUT2D eigenvalue weighted by Gasteiger charge is -2.26. The molecule has 0 aliphatic rings. The first-order valence-corrected chi connectivity index (χ1v) is 16.7. The lowest BCUT2D eigenvalue weighted by molar-refractivity contribution is 0.438. The second-order valence-electron chi connectivity index (χ2n) is 11.0. The van der Waals surface area contributed by atoms with Crippen LogP contribution in [0.2, 0.25) is 0 Å². The fraction of sp³-hybridized carbons (Fsp3) is 0.219. The van der Waals surface area contributed by atoms with E-state index in [0.29, 0.717) is 17.2 Å². The molecule has 5 rings (SSSR count). The Labute approximate surface area is 254 Å². The monoisotopic (exact) mass is 640 g/mol. The summed E-state index contributed by atoms with van der Waals surface area (Å²) in [5, 5.41) is 0.238. The molecule has 5 aromatic rings. The summed E-state index contributed by atoms with van der Waals surface area (Å²) in [6.45, 7) is 6.49. The molecule has 0 unspecified atom stereocenters. The Morgan fingerprint density at radius 1 is 0.864 bits per heavy atom. The fourth-order valence-electron chi connectivity index (χ4n) is 4.99. The zero-order chi connectivity index (χ0) is 32.2. The molecule has 12 heteroatoms. The number of rotatable bonds is 8. The lowest BCUT2D eigenvalue weighted by Crippen LogP contribution is -2.30. The third kappa shape index (κ3) is 5.22. The smallest absolute Gasteiger partial charge is 0.275 e. The van der Waals surface area contributed by atoms with Gasteiger partial charge in [0.25, 0.3) is 15.6 Å². The highest BCUT2D eigenvalue weighted by molar-refractivity contribution is 7.92. The Morgan fingerprint density at radius 2 is 1.52 bits per heavy atom. The molecule has 0 N–H and O–H groups in total. The van der Waals surface area contributed by atoms with Crippen LogP contribution in [0.5, 0.6) is 11.5 Å². The summed E-state index contributed by atoms with van der Waals surface area (Å²) in [6.07, 6.45) is 2.75. The van der Waals surface area contributed by atoms with Crippen LogP contribution in [0.3, 0.4) is 0 Å². The molecule has 0 saturated heterocycles. The highest BCUT2D eigenvalue weighted by Gasteiger charge is 2.35. The van der Waals surface area contributed by atoms with Gasteiger partial charge in [-0.3, -0.25) is 4.79 Å². The fourth-order valence-corrected chi connectivity index (χ4v) is 7.54. The summed E-state index contributed by atoms with van der Waals surface area (Å²) in [6, 6.07) is 15.1. The molecule has 8 nitrogen and oxygen atoms in total. The molecular formula is C32H30F2N2O6S2. The second kappa shape index (κ2) is 11.0. The van der Waals surface area contributed by atoms with E-state index in [1.165, 1.54) is 48.3 Å². The molecule has 0 aliphatic heterocycles. The highest BCUT2D eigenvalue weighted by atomic mass is 32.2. The molecule has 0 bridgehead atoms. The van der Waals surface area contributed by atoms with Crippen molar-refractivity contribution in [3.63, 3.8) is 0 Å². The van der Waals surface area contributed by atoms with Crippen molar-refractivity contribution in [1.29, 1.82) is 0 Å². The number of hydrogen-bond donors (Lipinski definition) is 0. The van der Waals surface area contributed by atoms with Crippen LogP contribution in [-0.4, -0.2) is 31.1 Å². The number of aryl methyl sites for hydroxylation is 2. The first kappa shape index (κ1) is 31.1. The molecule has 0 radical (unpaired) electrons. The molecule has 0 fully saturated rings. The van der Waals surface area contributed by atoms with Gasteiger partial charge in [0.15, 0.2) is 21.4 Å². The van der Waals surface area contributed by atoms with E-state index in [1.54, 1.807) is 45.0 Å². The number of sulfone groups is 1. The van der Waals surface area contributed by atoms with Crippen molar-refractivity contribution in [2.45, 2.75) is 37.3 Å². The number of halogens is 2. The first-order chi connectivity index (χ1) is 20.6. The quantitative estimate of drug-likeness (QED) is 0.197. The Hall–Kier alpha value is -4.29. The van der Waals surface area contributed by atoms with Gasteiger partial charge >= 0.3 is 0 Å². The second-order valence-corrected chi connectivity index (χ2v) is 15.6. The third-order valence-corrected chi connectivity index (χ3v) is 12.0. The van der Waals surface area contributed by atoms with Crippen molar-refractivity contribution in [2.24, 2.45) is 7.05 Å². The number of benzene rings is 3. The van der Waals surface area contributed by atoms with E-state index >= 15 is 0 Å². The summed E-state index contributed by atoms with van der Waals surface area (Å²) >= 11 is 0. The molecule has 0 spiro atoms. The Balaban J connectivity index is 1.81. The van der Waals surface area contributed by atoms with Crippen LogP contribution in [0, 0.1) is 18.6 Å². The van der Waals surface area contributed by atoms with E-state index in [0.717, 1.165) is 21.7 Å². The predicted octanol–water partition coefficient (Wildman–Crippen LogP) is 6.29. The molecule has 0 amide bonds. The molecule has 2 aromatic heterocycles. The number of aromatic nitrogens is 2. The normalized spacial score (nSPS) is 12.5. The average molecular weight is 641 g/mol. The van der Waals surface area contributed by atoms with Crippen molar-refractivity contribution in [3.05, 3.63) is 112 Å². The summed E-state index contributed by atoms with van der Waals surface area (Å²) < 4.78 is 88.5. The van der Waals surface area contributed by atoms with Crippen molar-refractivity contribution in [1.82, 2.24) is 8.54 Å². The van der Waals surface area contributed by atoms with E-state index in [-0.39, 0.29) is 38.6 Å². The van der Waals surface area contributed by atoms with Gasteiger partial charge in [0, 0.05) is 47.8 Å². The van der Waals surface area contributed by atoms with Crippen molar-refractivity contribution in [3.8, 4) is 22.6 Å². The molecule has 0 aliphatic carbocycles. The van der Waals surface area contributed by atoms with E-state index in [9.17, 15) is 30.4 Å². The number of hydrogen-bond acceptors (Lipinski definition) is 6. The molecule has 0 saturated carbocycles. The average Bonchev–Trinajstić information content (AvgIpc) is 3.43. The zero-order valence-electron chi connectivity index (χ0n) is 24.6. The van der Waals surface area contributed by atoms with E-state index in [1.807, 2.05) is 6.92 Å². The van der Waals surface area contributed by atoms with Crippen LogP contribution in [0.4, 0.5) is 8.78 Å². The van der Waals surface area contributed by atoms with Gasteiger partial charge in [-0.1, -0.05) is 30.7 Å². The van der Waals surface area contributed by atoms with Gasteiger partial charge < -0.3 is 9.30 Å². The van der Waals surface area contributed by atoms with Gasteiger partial charge in [-0.15, -0.1) is 0 Å². The van der Waals surface area contributed by atoms with Gasteiger partial charge in [-0.05, 0) is 68.8 Å². The van der Waals surface area contributed by atoms with Gasteiger partial charge in [0.2, 0.25) is 0 Å². The minimum Gasteiger partial charge on any atom is -0.454 e. The van der Waals surface area contributed by atoms with Crippen LogP contribution < -0.4 is 10.3 Å². The Bertz CT molecular complexity index is 2200. The topological polar surface area (TPSA) is 104 Å². The third-order valence-electron chi connectivity index (χ3n) is 7.80. The molecule has 2 heterocycles. The van der Waals surface area contributed by atoms with Crippen LogP contribution in [0.25, 0.3) is 22.0 Å². The van der Waals surface area contributed by atoms with Gasteiger partial charge in [-0.25, -0.2) is 29.6 Å². The minimum atomic E-state index is -4.19. The van der Waals surface area contributed by atoms with E-state index in [4.69, 9.17) is 4.74 Å². The zero-order valence-corrected chi connectivity index (χ0v) is 26.3. The Kier molecular flexibility index (Phi) is 7.79. The number of ether oxygens (including phenoxy) is 1. The number of nitrogens with zero attached hydrogens (tertiary/aromatic N) is 2. The van der Waals surface area contributed by atoms with E-state index < -0.39 is 41.8 Å². The SMILES string of the molecule is CCS(=O)(=O)C(C)(C)c1ccc(Oc2ccc(F)cc2F)c(-c2cn(C)c(=O)c3c2ccn3S(=O)(=O)c2ccc(C)cc2)c1. The van der Waals surface area contributed by atoms with Crippen molar-refractivity contribution >= 4 is 30.8 Å². The Morgan fingerprint density at radius 3 is 2.16 bits per heavy atom. The van der Waals surface area contributed by atoms with Crippen molar-refractivity contribution in [2.75, 3.05) is 5.75 Å². The largest absolute Gasteiger partial charge is 0.454 e. The molecule has 0 atom stereocenters. The maximum Gasteiger partial charge on any atom is 0.275 e. The van der Waals surface area contributed by atoms with Crippen LogP contribution in [0.1, 0.15) is 31.9 Å². The van der Waals surface area contributed by atoms with Crippen LogP contribution in [-0.2, 0) is 31.7 Å². The molecular weight excluding hydrogens is 610 g/mol. The van der Waals surface area contributed by atoms with Crippen molar-refractivity contribution < 1.29 is 30.4 Å². The number of pyridine rings is 1. The van der Waals surface area contributed by atoms with Crippen LogP contribution in [0.15, 0.2) is 88.8 Å². The minimum absolute atomic E-state index is 0.0163. The van der Waals surface area contributed by atoms with Crippen LogP contribution >= 0.6 is 0 Å². The number of fused-ring (bicyclic) bond motifs is 1. The molecule has 44 heavy (non-hydrogen) atoms. The first-order valence-electron chi connectivity index (χ1n) is 13.6. The summed E-state index contributed by atoms with van der Waals surface area (Å²) in [7, 11) is -6.36. The van der Waals surface area contributed by atoms with Gasteiger partial charge in [0.1, 0.15) is 17.1 Å². The van der Waals surface area contributed by atoms with E-state index in [2.05, 4.69) is 0 Å². The maximum absolute atomic E-state index is 14.7. The highest BCUT2D eigenvalue weighted by Crippen LogP contribution is 2.42. The van der Waals surface area contributed by atoms with Gasteiger partial charge in [-0.2, -0.15) is 0 Å². The van der Waals surface area contributed by atoms with Gasteiger partial charge in [0.05, 0.1) is 9.64 Å². The maximum atomic E-state index is 14.7. The molecule has 230 valence electrons. The molecule has 3 aromatic carbocycles. The predicted molar refractivity (Wildman–Crippen MR) is 165 cm³/mol. The summed E-state index contributed by atoms with van der Waals surface area (Å²) in [4.78, 5) is 13.4.